The summed E-state index contributed by atoms with van der Waals surface area (Å²) in [6.07, 6.45) is 1.21. The molecule has 7 heteroatoms. The van der Waals surface area contributed by atoms with E-state index in [0.29, 0.717) is 15.6 Å². The van der Waals surface area contributed by atoms with Gasteiger partial charge in [0.2, 0.25) is 5.78 Å². The Hall–Kier alpha value is -2.18. The van der Waals surface area contributed by atoms with E-state index in [-0.39, 0.29) is 11.5 Å². The number of nitrogens with one attached hydrogen (secondary N) is 1. The number of carbonyl (C=O) groups excluding carboxylic acids is 1. The molecule has 0 unspecified atom stereocenters. The number of Topliss-reactive ketones (excluding diaryl/α,β-unsaturated/α-hetero) is 1. The first-order valence-electron chi connectivity index (χ1n) is 5.61. The predicted octanol–water partition coefficient (Wildman–Crippen LogP) is 3.00. The molecule has 0 radical (unpaired) electrons. The van der Waals surface area contributed by atoms with Gasteiger partial charge in [-0.05, 0) is 35.7 Å². The van der Waals surface area contributed by atoms with Gasteiger partial charge in [-0.1, -0.05) is 17.7 Å². The van der Waals surface area contributed by atoms with E-state index in [0.717, 1.165) is 0 Å². The van der Waals surface area contributed by atoms with Gasteiger partial charge >= 0.3 is 0 Å². The molecule has 2 rings (SSSR count). The van der Waals surface area contributed by atoms with Crippen LogP contribution >= 0.6 is 22.9 Å². The van der Waals surface area contributed by atoms with Gasteiger partial charge in [-0.15, -0.1) is 11.3 Å². The fourth-order valence-electron chi connectivity index (χ4n) is 1.39. The van der Waals surface area contributed by atoms with Gasteiger partial charge in [-0.2, -0.15) is 10.2 Å². The zero-order valence-corrected chi connectivity index (χ0v) is 11.9. The van der Waals surface area contributed by atoms with Gasteiger partial charge in [0.1, 0.15) is 0 Å². The molecule has 20 heavy (non-hydrogen) atoms. The third-order valence-electron chi connectivity index (χ3n) is 2.32. The first-order valence-corrected chi connectivity index (χ1v) is 6.87. The summed E-state index contributed by atoms with van der Waals surface area (Å²) in [5.74, 6) is 4.86. The second-order valence-electron chi connectivity index (χ2n) is 3.70. The van der Waals surface area contributed by atoms with Gasteiger partial charge in [-0.3, -0.25) is 10.2 Å². The lowest BCUT2D eigenvalue weighted by atomic mass is 10.2. The van der Waals surface area contributed by atoms with Crippen molar-refractivity contribution in [1.82, 2.24) is 0 Å². The highest BCUT2D eigenvalue weighted by Crippen LogP contribution is 2.14. The predicted molar refractivity (Wildman–Crippen MR) is 83.8 cm³/mol. The van der Waals surface area contributed by atoms with Crippen molar-refractivity contribution in [2.45, 2.75) is 0 Å². The Balaban J connectivity index is 2.18. The highest BCUT2D eigenvalue weighted by atomic mass is 35.5. The van der Waals surface area contributed by atoms with Crippen molar-refractivity contribution >= 4 is 46.3 Å². The zero-order chi connectivity index (χ0) is 14.4. The van der Waals surface area contributed by atoms with Crippen molar-refractivity contribution in [3.8, 4) is 0 Å². The van der Waals surface area contributed by atoms with Gasteiger partial charge in [0.15, 0.2) is 5.71 Å². The summed E-state index contributed by atoms with van der Waals surface area (Å²) in [5, 5.41) is 9.82. The molecule has 1 aromatic heterocycles. The van der Waals surface area contributed by atoms with Crippen molar-refractivity contribution in [2.24, 2.45) is 16.0 Å². The topological polar surface area (TPSA) is 79.8 Å². The lowest BCUT2D eigenvalue weighted by Crippen LogP contribution is -2.17. The first kappa shape index (κ1) is 14.2. The maximum Gasteiger partial charge on any atom is 0.224 e. The Bertz CT molecular complexity index is 635. The van der Waals surface area contributed by atoms with Crippen molar-refractivity contribution in [3.63, 3.8) is 0 Å². The van der Waals surface area contributed by atoms with Crippen LogP contribution in [0, 0.1) is 0 Å². The average Bonchev–Trinajstić information content (AvgIpc) is 2.98. The number of hydrogen-bond donors (Lipinski definition) is 2. The number of ketones is 1. The molecule has 0 spiro atoms. The van der Waals surface area contributed by atoms with E-state index in [2.05, 4.69) is 15.6 Å². The molecule has 102 valence electrons. The minimum atomic E-state index is -0.240. The summed E-state index contributed by atoms with van der Waals surface area (Å²) in [6.45, 7) is 0. The zero-order valence-electron chi connectivity index (χ0n) is 10.3. The fourth-order valence-corrected chi connectivity index (χ4v) is 2.19. The normalized spacial score (nSPS) is 11.8. The van der Waals surface area contributed by atoms with E-state index < -0.39 is 0 Å². The van der Waals surface area contributed by atoms with Crippen LogP contribution in [-0.4, -0.2) is 17.7 Å². The van der Waals surface area contributed by atoms with E-state index in [1.54, 1.807) is 36.4 Å². The molecule has 0 atom stereocenters. The summed E-state index contributed by atoms with van der Waals surface area (Å²) in [5.41, 5.74) is 3.60. The molecule has 0 aliphatic carbocycles. The van der Waals surface area contributed by atoms with Gasteiger partial charge < -0.3 is 5.84 Å². The van der Waals surface area contributed by atoms with E-state index >= 15 is 0 Å². The minimum absolute atomic E-state index is 0.130. The number of nitrogens with two attached hydrogens (primary N) is 1. The summed E-state index contributed by atoms with van der Waals surface area (Å²) in [7, 11) is 0. The molecule has 0 saturated heterocycles. The Kier molecular flexibility index (Phi) is 4.86. The largest absolute Gasteiger partial charge is 0.323 e. The number of rotatable bonds is 5. The molecule has 0 saturated carbocycles. The van der Waals surface area contributed by atoms with E-state index in [1.807, 2.05) is 5.38 Å². The van der Waals surface area contributed by atoms with Gasteiger partial charge in [0.25, 0.3) is 0 Å². The summed E-state index contributed by atoms with van der Waals surface area (Å²) >= 11 is 7.12. The number of hydrazone groups is 2. The highest BCUT2D eigenvalue weighted by Gasteiger charge is 2.13. The summed E-state index contributed by atoms with van der Waals surface area (Å²) in [6, 6.07) is 10.4. The molecule has 0 bridgehead atoms. The minimum Gasteiger partial charge on any atom is -0.323 e. The molecule has 0 aliphatic heterocycles. The SMILES string of the molecule is N/N=C\C(=N\Nc1ccc(Cl)cc1)C(=O)c1cccs1. The number of nitrogens with zero attached hydrogens (tertiary/aromatic N) is 2. The first-order chi connectivity index (χ1) is 9.70. The molecule has 0 aliphatic rings. The number of hydrogen-bond acceptors (Lipinski definition) is 6. The van der Waals surface area contributed by atoms with Gasteiger partial charge in [0.05, 0.1) is 16.8 Å². The van der Waals surface area contributed by atoms with Crippen molar-refractivity contribution in [3.05, 3.63) is 51.7 Å². The Labute approximate surface area is 124 Å². The summed E-state index contributed by atoms with van der Waals surface area (Å²) in [4.78, 5) is 12.7. The Morgan fingerprint density at radius 2 is 2.05 bits per heavy atom. The number of halogens is 1. The molecule has 0 fully saturated rings. The maximum absolute atomic E-state index is 12.1. The van der Waals surface area contributed by atoms with Crippen LogP contribution in [0.1, 0.15) is 9.67 Å². The van der Waals surface area contributed by atoms with Crippen LogP contribution in [0.5, 0.6) is 0 Å². The van der Waals surface area contributed by atoms with Crippen LogP contribution in [0.15, 0.2) is 52.0 Å². The quantitative estimate of drug-likeness (QED) is 0.386. The lowest BCUT2D eigenvalue weighted by Gasteiger charge is -2.02. The number of benzene rings is 1. The number of anilines is 1. The van der Waals surface area contributed by atoms with E-state index in [4.69, 9.17) is 17.4 Å². The van der Waals surface area contributed by atoms with Crippen molar-refractivity contribution in [2.75, 3.05) is 5.43 Å². The smallest absolute Gasteiger partial charge is 0.224 e. The van der Waals surface area contributed by atoms with E-state index in [1.165, 1.54) is 17.6 Å². The Morgan fingerprint density at radius 3 is 2.65 bits per heavy atom. The molecule has 1 aromatic carbocycles. The van der Waals surface area contributed by atoms with E-state index in [9.17, 15) is 4.79 Å². The molecule has 0 amide bonds. The second-order valence-corrected chi connectivity index (χ2v) is 5.08. The van der Waals surface area contributed by atoms with Crippen LogP contribution in [0.3, 0.4) is 0 Å². The number of thiophene rings is 1. The third-order valence-corrected chi connectivity index (χ3v) is 3.44. The molecular weight excluding hydrogens is 296 g/mol. The van der Waals surface area contributed by atoms with Crippen LogP contribution < -0.4 is 11.3 Å². The van der Waals surface area contributed by atoms with Crippen LogP contribution in [0.4, 0.5) is 5.69 Å². The molecule has 2 aromatic rings. The maximum atomic E-state index is 12.1. The van der Waals surface area contributed by atoms with Gasteiger partial charge in [0, 0.05) is 5.02 Å². The second kappa shape index (κ2) is 6.83. The number of carbonyl (C=O) groups is 1. The fraction of sp³-hybridized carbons (Fsp3) is 0. The van der Waals surface area contributed by atoms with Crippen molar-refractivity contribution in [1.29, 1.82) is 0 Å². The standard InChI is InChI=1S/C13H11ClN4OS/c14-9-3-5-10(6-4-9)17-18-11(8-16-15)13(19)12-2-1-7-20-12/h1-8,17H,15H2/b16-8-,18-11-. The lowest BCUT2D eigenvalue weighted by molar-refractivity contribution is 0.107. The molecule has 5 nitrogen and oxygen atoms in total. The average molecular weight is 307 g/mol. The monoisotopic (exact) mass is 306 g/mol. The van der Waals surface area contributed by atoms with Crippen LogP contribution in [0.25, 0.3) is 0 Å². The highest BCUT2D eigenvalue weighted by molar-refractivity contribution is 7.13. The molecule has 1 heterocycles. The third kappa shape index (κ3) is 3.66. The van der Waals surface area contributed by atoms with Gasteiger partial charge in [-0.25, -0.2) is 0 Å². The van der Waals surface area contributed by atoms with Crippen LogP contribution in [0.2, 0.25) is 5.02 Å². The molecular formula is C13H11ClN4OS. The Morgan fingerprint density at radius 1 is 1.30 bits per heavy atom. The van der Waals surface area contributed by atoms with Crippen LogP contribution in [-0.2, 0) is 0 Å². The summed E-state index contributed by atoms with van der Waals surface area (Å²) < 4.78 is 0. The molecule has 3 N–H and O–H groups in total. The van der Waals surface area contributed by atoms with Crippen molar-refractivity contribution < 1.29 is 4.79 Å².